The van der Waals surface area contributed by atoms with Crippen molar-refractivity contribution >= 4 is 16.9 Å². The van der Waals surface area contributed by atoms with E-state index in [0.717, 1.165) is 28.9 Å². The minimum absolute atomic E-state index is 0.173. The van der Waals surface area contributed by atoms with E-state index in [1.165, 1.54) is 12.1 Å². The molecule has 1 unspecified atom stereocenters. The average Bonchev–Trinajstić information content (AvgIpc) is 3.18. The molecule has 10 heteroatoms. The van der Waals surface area contributed by atoms with Gasteiger partial charge in [-0.2, -0.15) is 13.2 Å². The number of imidazole rings is 1. The second-order valence-corrected chi connectivity index (χ2v) is 7.49. The van der Waals surface area contributed by atoms with Gasteiger partial charge in [0.05, 0.1) is 29.7 Å². The van der Waals surface area contributed by atoms with E-state index >= 15 is 0 Å². The van der Waals surface area contributed by atoms with Crippen LogP contribution in [-0.2, 0) is 17.5 Å². The van der Waals surface area contributed by atoms with Gasteiger partial charge < -0.3 is 15.6 Å². The summed E-state index contributed by atoms with van der Waals surface area (Å²) in [6.07, 6.45) is -4.41. The van der Waals surface area contributed by atoms with Crippen LogP contribution in [0.2, 0.25) is 0 Å². The Labute approximate surface area is 192 Å². The van der Waals surface area contributed by atoms with Gasteiger partial charge in [-0.1, -0.05) is 12.1 Å². The molecule has 0 aliphatic rings. The minimum Gasteiger partial charge on any atom is -0.457 e. The Morgan fingerprint density at radius 1 is 1.03 bits per heavy atom. The molecule has 4 rings (SSSR count). The van der Waals surface area contributed by atoms with E-state index in [1.54, 1.807) is 24.3 Å². The van der Waals surface area contributed by atoms with Crippen molar-refractivity contribution < 1.29 is 27.8 Å². The van der Waals surface area contributed by atoms with Gasteiger partial charge in [-0.3, -0.25) is 14.7 Å². The molecular formula is C24H21F3N4O3. The van der Waals surface area contributed by atoms with Crippen LogP contribution in [0.4, 0.5) is 13.2 Å². The average molecular weight is 470 g/mol. The van der Waals surface area contributed by atoms with Gasteiger partial charge in [-0.15, -0.1) is 0 Å². The Balaban J connectivity index is 1.58. The number of carbonyl (C=O) groups is 1. The second-order valence-electron chi connectivity index (χ2n) is 7.49. The zero-order valence-corrected chi connectivity index (χ0v) is 17.8. The first-order chi connectivity index (χ1) is 16.3. The Hall–Kier alpha value is -3.89. The molecule has 7 nitrogen and oxygen atoms in total. The number of nitrogens with one attached hydrogen (secondary N) is 1. The molecule has 0 radical (unpaired) electrons. The molecule has 3 aromatic carbocycles. The maximum Gasteiger partial charge on any atom is 0.416 e. The first-order valence-electron chi connectivity index (χ1n) is 10.3. The number of fused-ring (bicyclic) bond motifs is 1. The molecule has 0 aliphatic heterocycles. The number of aliphatic hydroxyl groups is 1. The van der Waals surface area contributed by atoms with Gasteiger partial charge in [-0.05, 0) is 60.7 Å². The number of primary amides is 1. The number of amides is 1. The fourth-order valence-electron chi connectivity index (χ4n) is 3.46. The predicted octanol–water partition coefficient (Wildman–Crippen LogP) is 3.77. The highest BCUT2D eigenvalue weighted by Gasteiger charge is 2.30. The van der Waals surface area contributed by atoms with Crippen molar-refractivity contribution in [3.8, 4) is 17.2 Å². The molecule has 1 atom stereocenters. The third-order valence-electron chi connectivity index (χ3n) is 5.18. The van der Waals surface area contributed by atoms with E-state index in [9.17, 15) is 23.1 Å². The monoisotopic (exact) mass is 470 g/mol. The number of hydrogen-bond donors (Lipinski definition) is 3. The lowest BCUT2D eigenvalue weighted by atomic mass is 10.2. The molecule has 0 bridgehead atoms. The molecule has 176 valence electrons. The standard InChI is InChI=1S/C24H21F3N4O3/c25-24(26,27)15-5-9-17(10-6-15)34-18-11-7-16(8-12-18)31-21-4-2-1-3-19(21)30-22(31)13-29-20(14-32)23(28)33/h1-12,20,29,32H,13-14H2,(H2,28,33). The van der Waals surface area contributed by atoms with Gasteiger partial charge in [0.25, 0.3) is 0 Å². The number of hydrogen-bond acceptors (Lipinski definition) is 5. The summed E-state index contributed by atoms with van der Waals surface area (Å²) >= 11 is 0. The van der Waals surface area contributed by atoms with E-state index in [-0.39, 0.29) is 12.3 Å². The molecule has 1 aromatic heterocycles. The molecule has 1 amide bonds. The number of nitrogens with zero attached hydrogens (tertiary/aromatic N) is 2. The Bertz CT molecular complexity index is 1290. The number of nitrogens with two attached hydrogens (primary N) is 1. The van der Waals surface area contributed by atoms with E-state index in [4.69, 9.17) is 10.5 Å². The summed E-state index contributed by atoms with van der Waals surface area (Å²) in [5, 5.41) is 12.2. The minimum atomic E-state index is -4.41. The molecule has 4 aromatic rings. The number of rotatable bonds is 8. The molecule has 0 saturated carbocycles. The molecule has 0 saturated heterocycles. The molecule has 0 fully saturated rings. The number of alkyl halides is 3. The van der Waals surface area contributed by atoms with Crippen molar-refractivity contribution in [3.63, 3.8) is 0 Å². The highest BCUT2D eigenvalue weighted by Crippen LogP contribution is 2.32. The van der Waals surface area contributed by atoms with E-state index in [1.807, 2.05) is 28.8 Å². The topological polar surface area (TPSA) is 102 Å². The molecule has 1 heterocycles. The van der Waals surface area contributed by atoms with Gasteiger partial charge in [0.15, 0.2) is 0 Å². The van der Waals surface area contributed by atoms with Crippen LogP contribution >= 0.6 is 0 Å². The Morgan fingerprint density at radius 3 is 2.24 bits per heavy atom. The summed E-state index contributed by atoms with van der Waals surface area (Å²) < 4.78 is 45.8. The number of halogens is 3. The highest BCUT2D eigenvalue weighted by molar-refractivity contribution is 5.80. The number of aliphatic hydroxyl groups excluding tert-OH is 1. The van der Waals surface area contributed by atoms with Crippen molar-refractivity contribution in [1.82, 2.24) is 14.9 Å². The fourth-order valence-corrected chi connectivity index (χ4v) is 3.46. The van der Waals surface area contributed by atoms with Crippen LogP contribution in [-0.4, -0.2) is 33.2 Å². The van der Waals surface area contributed by atoms with Gasteiger partial charge in [0, 0.05) is 5.69 Å². The lowest BCUT2D eigenvalue weighted by Gasteiger charge is -2.14. The van der Waals surface area contributed by atoms with Gasteiger partial charge in [0.2, 0.25) is 5.91 Å². The predicted molar refractivity (Wildman–Crippen MR) is 119 cm³/mol. The number of benzene rings is 3. The summed E-state index contributed by atoms with van der Waals surface area (Å²) in [5.74, 6) is 0.647. The molecule has 0 spiro atoms. The van der Waals surface area contributed by atoms with Crippen LogP contribution in [0.25, 0.3) is 16.7 Å². The third-order valence-corrected chi connectivity index (χ3v) is 5.18. The van der Waals surface area contributed by atoms with Crippen molar-refractivity contribution in [1.29, 1.82) is 0 Å². The number of carbonyl (C=O) groups excluding carboxylic acids is 1. The summed E-state index contributed by atoms with van der Waals surface area (Å²) in [6.45, 7) is -0.266. The largest absolute Gasteiger partial charge is 0.457 e. The molecular weight excluding hydrogens is 449 g/mol. The second kappa shape index (κ2) is 9.54. The number of ether oxygens (including phenoxy) is 1. The van der Waals surface area contributed by atoms with E-state index in [0.29, 0.717) is 11.6 Å². The van der Waals surface area contributed by atoms with Crippen LogP contribution in [0.5, 0.6) is 11.5 Å². The van der Waals surface area contributed by atoms with Crippen molar-refractivity contribution in [2.45, 2.75) is 18.8 Å². The summed E-state index contributed by atoms with van der Waals surface area (Å²) in [6, 6.07) is 18.0. The molecule has 0 aliphatic carbocycles. The normalized spacial score (nSPS) is 12.6. The Morgan fingerprint density at radius 2 is 1.65 bits per heavy atom. The molecule has 4 N–H and O–H groups in total. The Kier molecular flexibility index (Phi) is 6.53. The third kappa shape index (κ3) is 5.03. The lowest BCUT2D eigenvalue weighted by Crippen LogP contribution is -2.43. The zero-order chi connectivity index (χ0) is 24.3. The van der Waals surface area contributed by atoms with Gasteiger partial charge in [0.1, 0.15) is 23.4 Å². The number of para-hydroxylation sites is 2. The van der Waals surface area contributed by atoms with Crippen LogP contribution in [0.1, 0.15) is 11.4 Å². The quantitative estimate of drug-likeness (QED) is 0.364. The van der Waals surface area contributed by atoms with Crippen LogP contribution in [0.3, 0.4) is 0 Å². The zero-order valence-electron chi connectivity index (χ0n) is 17.8. The maximum absolute atomic E-state index is 12.7. The maximum atomic E-state index is 12.7. The summed E-state index contributed by atoms with van der Waals surface area (Å²) in [5.41, 5.74) is 6.86. The molecule has 34 heavy (non-hydrogen) atoms. The summed E-state index contributed by atoms with van der Waals surface area (Å²) in [4.78, 5) is 16.1. The van der Waals surface area contributed by atoms with Crippen molar-refractivity contribution in [2.24, 2.45) is 5.73 Å². The fraction of sp³-hybridized carbons (Fsp3) is 0.167. The first kappa shape index (κ1) is 23.3. The van der Waals surface area contributed by atoms with Crippen molar-refractivity contribution in [3.05, 3.63) is 84.2 Å². The highest BCUT2D eigenvalue weighted by atomic mass is 19.4. The number of aromatic nitrogens is 2. The SMILES string of the molecule is NC(=O)C(CO)NCc1nc2ccccc2n1-c1ccc(Oc2ccc(C(F)(F)F)cc2)cc1. The smallest absolute Gasteiger partial charge is 0.416 e. The van der Waals surface area contributed by atoms with Crippen LogP contribution in [0, 0.1) is 0 Å². The van der Waals surface area contributed by atoms with Gasteiger partial charge in [-0.25, -0.2) is 4.98 Å². The van der Waals surface area contributed by atoms with Gasteiger partial charge >= 0.3 is 6.18 Å². The van der Waals surface area contributed by atoms with E-state index in [2.05, 4.69) is 10.3 Å². The first-order valence-corrected chi connectivity index (χ1v) is 10.3. The lowest BCUT2D eigenvalue weighted by molar-refractivity contribution is -0.137. The van der Waals surface area contributed by atoms with Crippen LogP contribution in [0.15, 0.2) is 72.8 Å². The van der Waals surface area contributed by atoms with E-state index < -0.39 is 30.3 Å². The van der Waals surface area contributed by atoms with Crippen molar-refractivity contribution in [2.75, 3.05) is 6.61 Å². The summed E-state index contributed by atoms with van der Waals surface area (Å²) in [7, 11) is 0. The van der Waals surface area contributed by atoms with Crippen LogP contribution < -0.4 is 15.8 Å².